The van der Waals surface area contributed by atoms with Crippen LogP contribution in [0, 0.1) is 0 Å². The molecule has 1 aromatic heterocycles. The molecular weight excluding hydrogens is 316 g/mol. The van der Waals surface area contributed by atoms with Crippen molar-refractivity contribution in [2.45, 2.75) is 59.3 Å². The van der Waals surface area contributed by atoms with Crippen LogP contribution in [0.25, 0.3) is 6.08 Å². The van der Waals surface area contributed by atoms with Crippen LogP contribution in [-0.2, 0) is 0 Å². The predicted molar refractivity (Wildman–Crippen MR) is 103 cm³/mol. The molecule has 1 aliphatic rings. The molecule has 24 heavy (non-hydrogen) atoms. The lowest BCUT2D eigenvalue weighted by molar-refractivity contribution is 0.0982. The molecule has 0 saturated heterocycles. The molecule has 0 fully saturated rings. The topological polar surface area (TPSA) is 34.1 Å². The van der Waals surface area contributed by atoms with Gasteiger partial charge in [0.1, 0.15) is 0 Å². The SMILES string of the molecule is C/C=C\C=C(\C)C1=Cc2sc(C(=O)CCCCCC)cc2C(=O)C1. The highest BCUT2D eigenvalue weighted by molar-refractivity contribution is 7.15. The van der Waals surface area contributed by atoms with Gasteiger partial charge in [-0.05, 0) is 43.6 Å². The zero-order valence-corrected chi connectivity index (χ0v) is 15.7. The molecule has 1 aromatic rings. The first-order chi connectivity index (χ1) is 11.6. The quantitative estimate of drug-likeness (QED) is 0.311. The maximum absolute atomic E-state index is 12.4. The average Bonchev–Trinajstić information content (AvgIpc) is 3.01. The molecule has 1 heterocycles. The molecule has 2 nitrogen and oxygen atoms in total. The highest BCUT2D eigenvalue weighted by Gasteiger charge is 2.23. The monoisotopic (exact) mass is 342 g/mol. The molecule has 0 amide bonds. The van der Waals surface area contributed by atoms with Gasteiger partial charge >= 0.3 is 0 Å². The van der Waals surface area contributed by atoms with E-state index in [1.54, 1.807) is 0 Å². The molecule has 0 aliphatic heterocycles. The fraction of sp³-hybridized carbons (Fsp3) is 0.429. The van der Waals surface area contributed by atoms with Gasteiger partial charge in [0.05, 0.1) is 4.88 Å². The predicted octanol–water partition coefficient (Wildman–Crippen LogP) is 6.39. The Balaban J connectivity index is 2.16. The summed E-state index contributed by atoms with van der Waals surface area (Å²) < 4.78 is 0. The largest absolute Gasteiger partial charge is 0.294 e. The second-order valence-electron chi connectivity index (χ2n) is 6.27. The normalized spacial score (nSPS) is 14.9. The lowest BCUT2D eigenvalue weighted by atomic mass is 9.92. The highest BCUT2D eigenvalue weighted by Crippen LogP contribution is 2.34. The van der Waals surface area contributed by atoms with Gasteiger partial charge in [0, 0.05) is 23.3 Å². The van der Waals surface area contributed by atoms with Gasteiger partial charge in [-0.15, -0.1) is 11.3 Å². The van der Waals surface area contributed by atoms with Crippen LogP contribution in [0.2, 0.25) is 0 Å². The second-order valence-corrected chi connectivity index (χ2v) is 7.35. The van der Waals surface area contributed by atoms with E-state index < -0.39 is 0 Å². The van der Waals surface area contributed by atoms with Crippen molar-refractivity contribution in [1.82, 2.24) is 0 Å². The molecule has 128 valence electrons. The first-order valence-electron chi connectivity index (χ1n) is 8.77. The van der Waals surface area contributed by atoms with E-state index in [0.29, 0.717) is 12.8 Å². The molecule has 0 N–H and O–H groups in total. The number of unbranched alkanes of at least 4 members (excludes halogenated alkanes) is 3. The van der Waals surface area contributed by atoms with Gasteiger partial charge in [-0.25, -0.2) is 0 Å². The Hall–Kier alpha value is -1.74. The second kappa shape index (κ2) is 8.93. The van der Waals surface area contributed by atoms with Gasteiger partial charge in [0.15, 0.2) is 11.6 Å². The van der Waals surface area contributed by atoms with Crippen LogP contribution in [0.1, 0.15) is 84.2 Å². The minimum Gasteiger partial charge on any atom is -0.294 e. The van der Waals surface area contributed by atoms with Crippen LogP contribution < -0.4 is 0 Å². The Morgan fingerprint density at radius 1 is 1.29 bits per heavy atom. The molecule has 0 spiro atoms. The molecule has 1 aliphatic carbocycles. The third-order valence-electron chi connectivity index (χ3n) is 4.29. The van der Waals surface area contributed by atoms with Crippen LogP contribution >= 0.6 is 11.3 Å². The maximum atomic E-state index is 12.4. The van der Waals surface area contributed by atoms with E-state index in [4.69, 9.17) is 0 Å². The zero-order valence-electron chi connectivity index (χ0n) is 14.9. The summed E-state index contributed by atoms with van der Waals surface area (Å²) in [6.45, 7) is 6.16. The molecule has 0 aromatic carbocycles. The molecule has 0 unspecified atom stereocenters. The molecule has 0 bridgehead atoms. The Bertz CT molecular complexity index is 701. The van der Waals surface area contributed by atoms with E-state index in [9.17, 15) is 9.59 Å². The molecule has 3 heteroatoms. The van der Waals surface area contributed by atoms with Crippen molar-refractivity contribution in [2.75, 3.05) is 0 Å². The Labute approximate surface area is 149 Å². The summed E-state index contributed by atoms with van der Waals surface area (Å²) in [5.41, 5.74) is 2.88. The van der Waals surface area contributed by atoms with Gasteiger partial charge in [-0.3, -0.25) is 9.59 Å². The standard InChI is InChI=1S/C21H26O2S/c1-4-6-8-9-11-18(22)21-14-17-19(23)12-16(13-20(17)24-21)15(3)10-7-5-2/h5,7,10,13-14H,4,6,8-9,11-12H2,1-3H3/b7-5-,15-10-. The molecular formula is C21H26O2S. The van der Waals surface area contributed by atoms with E-state index in [-0.39, 0.29) is 11.6 Å². The third-order valence-corrected chi connectivity index (χ3v) is 5.42. The first kappa shape index (κ1) is 18.6. The van der Waals surface area contributed by atoms with Gasteiger partial charge in [0.2, 0.25) is 0 Å². The number of allylic oxidation sites excluding steroid dienone is 5. The summed E-state index contributed by atoms with van der Waals surface area (Å²) in [5.74, 6) is 0.298. The Morgan fingerprint density at radius 2 is 2.08 bits per heavy atom. The average molecular weight is 343 g/mol. The molecule has 0 radical (unpaired) electrons. The molecule has 2 rings (SSSR count). The molecule has 0 atom stereocenters. The van der Waals surface area contributed by atoms with E-state index >= 15 is 0 Å². The minimum atomic E-state index is 0.122. The number of carbonyl (C=O) groups excluding carboxylic acids is 2. The van der Waals surface area contributed by atoms with Gasteiger partial charge < -0.3 is 0 Å². The van der Waals surface area contributed by atoms with Gasteiger partial charge in [-0.2, -0.15) is 0 Å². The lowest BCUT2D eigenvalue weighted by Gasteiger charge is -2.12. The Morgan fingerprint density at radius 3 is 2.79 bits per heavy atom. The Kier molecular flexibility index (Phi) is 6.92. The number of hydrogen-bond acceptors (Lipinski definition) is 3. The van der Waals surface area contributed by atoms with Crippen molar-refractivity contribution >= 4 is 29.0 Å². The summed E-state index contributed by atoms with van der Waals surface area (Å²) in [7, 11) is 0. The van der Waals surface area contributed by atoms with E-state index in [0.717, 1.165) is 39.3 Å². The maximum Gasteiger partial charge on any atom is 0.172 e. The first-order valence-corrected chi connectivity index (χ1v) is 9.59. The highest BCUT2D eigenvalue weighted by atomic mass is 32.1. The van der Waals surface area contributed by atoms with Crippen molar-refractivity contribution < 1.29 is 9.59 Å². The number of Topliss-reactive ketones (excluding diaryl/α,β-unsaturated/α-hetero) is 2. The zero-order chi connectivity index (χ0) is 17.5. The number of thiophene rings is 1. The fourth-order valence-electron chi connectivity index (χ4n) is 2.78. The van der Waals surface area contributed by atoms with E-state index in [2.05, 4.69) is 13.0 Å². The summed E-state index contributed by atoms with van der Waals surface area (Å²) >= 11 is 1.46. The third kappa shape index (κ3) is 4.64. The van der Waals surface area contributed by atoms with E-state index in [1.807, 2.05) is 38.1 Å². The summed E-state index contributed by atoms with van der Waals surface area (Å²) in [4.78, 5) is 26.4. The van der Waals surface area contributed by atoms with Crippen molar-refractivity contribution in [3.8, 4) is 0 Å². The number of rotatable bonds is 8. The summed E-state index contributed by atoms with van der Waals surface area (Å²) in [5, 5.41) is 0. The van der Waals surface area contributed by atoms with Crippen LogP contribution in [0.5, 0.6) is 0 Å². The van der Waals surface area contributed by atoms with Crippen LogP contribution in [0.15, 0.2) is 35.4 Å². The van der Waals surface area contributed by atoms with Crippen molar-refractivity contribution in [1.29, 1.82) is 0 Å². The smallest absolute Gasteiger partial charge is 0.172 e. The van der Waals surface area contributed by atoms with Crippen molar-refractivity contribution in [3.63, 3.8) is 0 Å². The van der Waals surface area contributed by atoms with Crippen molar-refractivity contribution in [3.05, 3.63) is 50.8 Å². The summed E-state index contributed by atoms with van der Waals surface area (Å²) in [6, 6.07) is 1.81. The number of fused-ring (bicyclic) bond motifs is 1. The number of carbonyl (C=O) groups is 2. The fourth-order valence-corrected chi connectivity index (χ4v) is 3.90. The van der Waals surface area contributed by atoms with E-state index in [1.165, 1.54) is 24.2 Å². The van der Waals surface area contributed by atoms with Gasteiger partial charge in [0.25, 0.3) is 0 Å². The van der Waals surface area contributed by atoms with Crippen LogP contribution in [0.4, 0.5) is 0 Å². The number of ketones is 2. The van der Waals surface area contributed by atoms with Gasteiger partial charge in [-0.1, -0.05) is 44.4 Å². The minimum absolute atomic E-state index is 0.122. The van der Waals surface area contributed by atoms with Crippen LogP contribution in [0.3, 0.4) is 0 Å². The summed E-state index contributed by atoms with van der Waals surface area (Å²) in [6.07, 6.45) is 13.5. The van der Waals surface area contributed by atoms with Crippen molar-refractivity contribution in [2.24, 2.45) is 0 Å². The van der Waals surface area contributed by atoms with Crippen LogP contribution in [-0.4, -0.2) is 11.6 Å². The lowest BCUT2D eigenvalue weighted by Crippen LogP contribution is -2.06. The molecule has 0 saturated carbocycles. The number of hydrogen-bond donors (Lipinski definition) is 0.